The van der Waals surface area contributed by atoms with E-state index in [4.69, 9.17) is 4.74 Å². The second-order valence-corrected chi connectivity index (χ2v) is 4.92. The summed E-state index contributed by atoms with van der Waals surface area (Å²) < 4.78 is 31.6. The van der Waals surface area contributed by atoms with Gasteiger partial charge in [0.1, 0.15) is 11.6 Å². The van der Waals surface area contributed by atoms with Gasteiger partial charge < -0.3 is 10.1 Å². The van der Waals surface area contributed by atoms with Crippen LogP contribution in [-0.4, -0.2) is 25.0 Å². The van der Waals surface area contributed by atoms with Crippen LogP contribution in [0, 0.1) is 11.6 Å². The first-order chi connectivity index (χ1) is 11.9. The number of ether oxygens (including phenoxy) is 1. The molecule has 1 atom stereocenters. The lowest BCUT2D eigenvalue weighted by Crippen LogP contribution is -2.41. The zero-order valence-corrected chi connectivity index (χ0v) is 13.1. The van der Waals surface area contributed by atoms with Crippen LogP contribution < -0.4 is 10.6 Å². The quantitative estimate of drug-likeness (QED) is 0.831. The Morgan fingerprint density at radius 1 is 1.00 bits per heavy atom. The van der Waals surface area contributed by atoms with Crippen molar-refractivity contribution in [3.63, 3.8) is 0 Å². The Morgan fingerprint density at radius 3 is 2.16 bits per heavy atom. The summed E-state index contributed by atoms with van der Waals surface area (Å²) in [5.41, 5.74) is -0.111. The SMILES string of the molecule is CNC(=O)NC(=O)[C@@H](OC(=O)c1cc(F)cc(F)c1)c1ccccc1. The maximum Gasteiger partial charge on any atom is 0.339 e. The van der Waals surface area contributed by atoms with E-state index < -0.39 is 41.2 Å². The highest BCUT2D eigenvalue weighted by molar-refractivity contribution is 5.99. The van der Waals surface area contributed by atoms with Crippen molar-refractivity contribution in [2.45, 2.75) is 6.10 Å². The predicted molar refractivity (Wildman–Crippen MR) is 83.6 cm³/mol. The van der Waals surface area contributed by atoms with E-state index in [2.05, 4.69) is 5.32 Å². The number of rotatable bonds is 4. The summed E-state index contributed by atoms with van der Waals surface area (Å²) in [4.78, 5) is 35.7. The van der Waals surface area contributed by atoms with Crippen LogP contribution in [0.1, 0.15) is 22.0 Å². The minimum atomic E-state index is -1.47. The van der Waals surface area contributed by atoms with Gasteiger partial charge in [0.15, 0.2) is 0 Å². The third-order valence-corrected chi connectivity index (χ3v) is 3.13. The van der Waals surface area contributed by atoms with Crippen LogP contribution >= 0.6 is 0 Å². The van der Waals surface area contributed by atoms with E-state index in [1.165, 1.54) is 19.2 Å². The number of benzene rings is 2. The molecule has 25 heavy (non-hydrogen) atoms. The van der Waals surface area contributed by atoms with Gasteiger partial charge in [-0.1, -0.05) is 30.3 Å². The molecule has 2 rings (SSSR count). The molecule has 6 nitrogen and oxygen atoms in total. The fourth-order valence-corrected chi connectivity index (χ4v) is 1.99. The van der Waals surface area contributed by atoms with Gasteiger partial charge in [0.2, 0.25) is 6.10 Å². The molecule has 0 aromatic heterocycles. The molecule has 130 valence electrons. The lowest BCUT2D eigenvalue weighted by atomic mass is 10.1. The van der Waals surface area contributed by atoms with E-state index in [1.807, 2.05) is 5.32 Å². The number of hydrogen-bond acceptors (Lipinski definition) is 4. The third-order valence-electron chi connectivity index (χ3n) is 3.13. The molecule has 2 aromatic rings. The molecule has 0 saturated carbocycles. The van der Waals surface area contributed by atoms with E-state index in [-0.39, 0.29) is 5.56 Å². The molecule has 0 heterocycles. The van der Waals surface area contributed by atoms with Crippen LogP contribution in [0.3, 0.4) is 0 Å². The maximum absolute atomic E-state index is 13.2. The van der Waals surface area contributed by atoms with Crippen molar-refractivity contribution in [2.24, 2.45) is 0 Å². The standard InChI is InChI=1S/C17H14F2N2O4/c1-20-17(24)21-15(22)14(10-5-3-2-4-6-10)25-16(23)11-7-12(18)9-13(19)8-11/h2-9,14H,1H3,(H2,20,21,22,24)/t14-/m0/s1. The van der Waals surface area contributed by atoms with Gasteiger partial charge in [-0.05, 0) is 12.1 Å². The first kappa shape index (κ1) is 18.1. The third kappa shape index (κ3) is 4.84. The van der Waals surface area contributed by atoms with Crippen molar-refractivity contribution in [2.75, 3.05) is 7.05 Å². The Bertz CT molecular complexity index is 776. The largest absolute Gasteiger partial charge is 0.444 e. The summed E-state index contributed by atoms with van der Waals surface area (Å²) in [6, 6.07) is 9.27. The Hall–Kier alpha value is -3.29. The molecule has 0 aliphatic carbocycles. The van der Waals surface area contributed by atoms with E-state index in [1.54, 1.807) is 18.2 Å². The molecular weight excluding hydrogens is 334 g/mol. The fraction of sp³-hybridized carbons (Fsp3) is 0.118. The zero-order chi connectivity index (χ0) is 18.4. The average molecular weight is 348 g/mol. The molecule has 2 aromatic carbocycles. The number of halogens is 2. The zero-order valence-electron chi connectivity index (χ0n) is 13.1. The Balaban J connectivity index is 2.28. The normalized spacial score (nSPS) is 11.3. The Morgan fingerprint density at radius 2 is 1.60 bits per heavy atom. The second-order valence-electron chi connectivity index (χ2n) is 4.92. The Kier molecular flexibility index (Phi) is 5.78. The molecule has 0 fully saturated rings. The predicted octanol–water partition coefficient (Wildman–Crippen LogP) is 2.32. The molecule has 0 aliphatic rings. The van der Waals surface area contributed by atoms with Crippen molar-refractivity contribution in [1.29, 1.82) is 0 Å². The first-order valence-electron chi connectivity index (χ1n) is 7.15. The number of urea groups is 1. The van der Waals surface area contributed by atoms with Gasteiger partial charge >= 0.3 is 12.0 Å². The topological polar surface area (TPSA) is 84.5 Å². The molecule has 0 aliphatic heterocycles. The molecule has 0 saturated heterocycles. The van der Waals surface area contributed by atoms with E-state index in [0.29, 0.717) is 6.07 Å². The van der Waals surface area contributed by atoms with Crippen molar-refractivity contribution in [1.82, 2.24) is 10.6 Å². The number of amides is 3. The molecule has 0 radical (unpaired) electrons. The summed E-state index contributed by atoms with van der Waals surface area (Å²) in [7, 11) is 1.31. The van der Waals surface area contributed by atoms with Crippen LogP contribution in [0.15, 0.2) is 48.5 Å². The van der Waals surface area contributed by atoms with Gasteiger partial charge in [-0.25, -0.2) is 18.4 Å². The van der Waals surface area contributed by atoms with Gasteiger partial charge in [0, 0.05) is 18.7 Å². The lowest BCUT2D eigenvalue weighted by molar-refractivity contribution is -0.129. The van der Waals surface area contributed by atoms with Gasteiger partial charge in [-0.3, -0.25) is 10.1 Å². The fourth-order valence-electron chi connectivity index (χ4n) is 1.99. The van der Waals surface area contributed by atoms with Crippen LogP contribution in [0.25, 0.3) is 0 Å². The minimum Gasteiger partial charge on any atom is -0.444 e. The number of carbonyl (C=O) groups is 3. The van der Waals surface area contributed by atoms with Crippen LogP contribution in [0.4, 0.5) is 13.6 Å². The number of esters is 1. The maximum atomic E-state index is 13.2. The molecular formula is C17H14F2N2O4. The minimum absolute atomic E-state index is 0.286. The van der Waals surface area contributed by atoms with Crippen molar-refractivity contribution >= 4 is 17.9 Å². The molecule has 0 spiro atoms. The van der Waals surface area contributed by atoms with Crippen LogP contribution in [0.5, 0.6) is 0 Å². The summed E-state index contributed by atoms with van der Waals surface area (Å²) in [5, 5.41) is 4.19. The first-order valence-corrected chi connectivity index (χ1v) is 7.15. The van der Waals surface area contributed by atoms with Crippen LogP contribution in [0.2, 0.25) is 0 Å². The molecule has 0 unspecified atom stereocenters. The van der Waals surface area contributed by atoms with Gasteiger partial charge in [-0.15, -0.1) is 0 Å². The van der Waals surface area contributed by atoms with Crippen molar-refractivity contribution < 1.29 is 27.9 Å². The van der Waals surface area contributed by atoms with Gasteiger partial charge in [-0.2, -0.15) is 0 Å². The van der Waals surface area contributed by atoms with Gasteiger partial charge in [0.05, 0.1) is 5.56 Å². The summed E-state index contributed by atoms with van der Waals surface area (Å²) in [6.07, 6.45) is -1.47. The molecule has 8 heteroatoms. The Labute approximate surface area is 141 Å². The van der Waals surface area contributed by atoms with E-state index >= 15 is 0 Å². The second kappa shape index (κ2) is 8.00. The summed E-state index contributed by atoms with van der Waals surface area (Å²) in [5.74, 6) is -3.94. The van der Waals surface area contributed by atoms with Gasteiger partial charge in [0.25, 0.3) is 5.91 Å². The summed E-state index contributed by atoms with van der Waals surface area (Å²) >= 11 is 0. The molecule has 2 N–H and O–H groups in total. The van der Waals surface area contributed by atoms with Crippen molar-refractivity contribution in [3.8, 4) is 0 Å². The number of carbonyl (C=O) groups excluding carboxylic acids is 3. The monoisotopic (exact) mass is 348 g/mol. The smallest absolute Gasteiger partial charge is 0.339 e. The number of imide groups is 1. The number of nitrogens with one attached hydrogen (secondary N) is 2. The molecule has 0 bridgehead atoms. The molecule has 3 amide bonds. The summed E-state index contributed by atoms with van der Waals surface area (Å²) in [6.45, 7) is 0. The highest BCUT2D eigenvalue weighted by Gasteiger charge is 2.27. The lowest BCUT2D eigenvalue weighted by Gasteiger charge is -2.17. The van der Waals surface area contributed by atoms with E-state index in [9.17, 15) is 23.2 Å². The average Bonchev–Trinajstić information content (AvgIpc) is 2.59. The highest BCUT2D eigenvalue weighted by atomic mass is 19.1. The highest BCUT2D eigenvalue weighted by Crippen LogP contribution is 2.20. The van der Waals surface area contributed by atoms with Crippen LogP contribution in [-0.2, 0) is 9.53 Å². The van der Waals surface area contributed by atoms with E-state index in [0.717, 1.165) is 12.1 Å². The van der Waals surface area contributed by atoms with Crippen molar-refractivity contribution in [3.05, 3.63) is 71.3 Å². The number of hydrogen-bond donors (Lipinski definition) is 2.